The minimum atomic E-state index is -0.387. The number of Topliss-reactive ketones (excluding diaryl/α,β-unsaturated/α-hetero) is 1. The molecule has 0 bridgehead atoms. The first kappa shape index (κ1) is 14.0. The van der Waals surface area contributed by atoms with E-state index in [0.29, 0.717) is 23.7 Å². The number of aromatic nitrogens is 2. The number of anilines is 1. The van der Waals surface area contributed by atoms with Crippen LogP contribution < -0.4 is 5.32 Å². The largest absolute Gasteiger partial charge is 0.369 e. The number of hydrogen-bond acceptors (Lipinski definition) is 5. The molecule has 0 aliphatic heterocycles. The number of carbonyl (C=O) groups excluding carboxylic acids is 1. The van der Waals surface area contributed by atoms with Gasteiger partial charge in [0.1, 0.15) is 12.1 Å². The summed E-state index contributed by atoms with van der Waals surface area (Å²) in [4.78, 5) is 20.4. The Morgan fingerprint density at radius 1 is 1.53 bits per heavy atom. The van der Waals surface area contributed by atoms with E-state index in [0.717, 1.165) is 6.42 Å². The standard InChI is InChI=1S/C12H19N3OS/c1-4-12(2,3)10(16)9-7-13-8-15-11(9)14-5-6-17/h7-8,17H,4-6H2,1-3H3,(H,13,14,15). The predicted octanol–water partition coefficient (Wildman–Crippen LogP) is 2.44. The number of nitrogens with one attached hydrogen (secondary N) is 1. The molecule has 1 N–H and O–H groups in total. The molecule has 1 heterocycles. The molecule has 1 rings (SSSR count). The number of carbonyl (C=O) groups is 1. The molecule has 0 spiro atoms. The van der Waals surface area contributed by atoms with Crippen LogP contribution in [0.4, 0.5) is 5.82 Å². The highest BCUT2D eigenvalue weighted by molar-refractivity contribution is 7.80. The molecule has 5 heteroatoms. The summed E-state index contributed by atoms with van der Waals surface area (Å²) in [5.41, 5.74) is 0.170. The lowest BCUT2D eigenvalue weighted by Gasteiger charge is -2.21. The maximum absolute atomic E-state index is 12.3. The van der Waals surface area contributed by atoms with Crippen LogP contribution in [0.1, 0.15) is 37.6 Å². The second kappa shape index (κ2) is 6.00. The first-order chi connectivity index (χ1) is 8.03. The molecule has 0 saturated heterocycles. The average molecular weight is 253 g/mol. The normalized spacial score (nSPS) is 11.3. The predicted molar refractivity (Wildman–Crippen MR) is 72.8 cm³/mol. The molecular formula is C12H19N3OS. The van der Waals surface area contributed by atoms with Crippen LogP contribution in [0.2, 0.25) is 0 Å². The smallest absolute Gasteiger partial charge is 0.173 e. The van der Waals surface area contributed by atoms with Gasteiger partial charge in [-0.25, -0.2) is 9.97 Å². The zero-order valence-electron chi connectivity index (χ0n) is 10.5. The maximum Gasteiger partial charge on any atom is 0.173 e. The highest BCUT2D eigenvalue weighted by atomic mass is 32.1. The van der Waals surface area contributed by atoms with Gasteiger partial charge in [-0.15, -0.1) is 0 Å². The van der Waals surface area contributed by atoms with Crippen LogP contribution >= 0.6 is 12.6 Å². The van der Waals surface area contributed by atoms with Crippen molar-refractivity contribution in [3.63, 3.8) is 0 Å². The zero-order valence-corrected chi connectivity index (χ0v) is 11.4. The highest BCUT2D eigenvalue weighted by Gasteiger charge is 2.28. The topological polar surface area (TPSA) is 54.9 Å². The Bertz CT molecular complexity index is 393. The minimum Gasteiger partial charge on any atom is -0.369 e. The van der Waals surface area contributed by atoms with Crippen LogP contribution in [0.5, 0.6) is 0 Å². The summed E-state index contributed by atoms with van der Waals surface area (Å²) < 4.78 is 0. The Kier molecular flexibility index (Phi) is 4.93. The van der Waals surface area contributed by atoms with Crippen molar-refractivity contribution in [3.05, 3.63) is 18.1 Å². The van der Waals surface area contributed by atoms with Gasteiger partial charge in [0.25, 0.3) is 0 Å². The monoisotopic (exact) mass is 253 g/mol. The van der Waals surface area contributed by atoms with Gasteiger partial charge in [-0.05, 0) is 6.42 Å². The zero-order chi connectivity index (χ0) is 12.9. The fraction of sp³-hybridized carbons (Fsp3) is 0.583. The lowest BCUT2D eigenvalue weighted by atomic mass is 9.82. The summed E-state index contributed by atoms with van der Waals surface area (Å²) in [6, 6.07) is 0. The summed E-state index contributed by atoms with van der Waals surface area (Å²) >= 11 is 4.12. The van der Waals surface area contributed by atoms with Gasteiger partial charge in [0.05, 0.1) is 5.56 Å². The fourth-order valence-electron chi connectivity index (χ4n) is 1.34. The Morgan fingerprint density at radius 2 is 2.24 bits per heavy atom. The number of nitrogens with zero attached hydrogens (tertiary/aromatic N) is 2. The van der Waals surface area contributed by atoms with Crippen molar-refractivity contribution in [2.24, 2.45) is 5.41 Å². The van der Waals surface area contributed by atoms with E-state index >= 15 is 0 Å². The molecule has 0 radical (unpaired) electrons. The van der Waals surface area contributed by atoms with Crippen LogP contribution in [0.15, 0.2) is 12.5 Å². The molecule has 1 aromatic rings. The van der Waals surface area contributed by atoms with Crippen molar-refractivity contribution in [2.75, 3.05) is 17.6 Å². The summed E-state index contributed by atoms with van der Waals surface area (Å²) in [5, 5.41) is 3.09. The van der Waals surface area contributed by atoms with E-state index in [-0.39, 0.29) is 11.2 Å². The van der Waals surface area contributed by atoms with Gasteiger partial charge < -0.3 is 5.32 Å². The van der Waals surface area contributed by atoms with Crippen LogP contribution in [0.25, 0.3) is 0 Å². The Labute approximate surface area is 108 Å². The second-order valence-electron chi connectivity index (χ2n) is 4.50. The third-order valence-corrected chi connectivity index (χ3v) is 3.08. The van der Waals surface area contributed by atoms with Crippen LogP contribution in [0, 0.1) is 5.41 Å². The van der Waals surface area contributed by atoms with Crippen molar-refractivity contribution >= 4 is 24.2 Å². The molecule has 0 unspecified atom stereocenters. The van der Waals surface area contributed by atoms with Gasteiger partial charge in [-0.2, -0.15) is 12.6 Å². The van der Waals surface area contributed by atoms with E-state index in [9.17, 15) is 4.79 Å². The lowest BCUT2D eigenvalue weighted by Crippen LogP contribution is -2.25. The molecule has 94 valence electrons. The summed E-state index contributed by atoms with van der Waals surface area (Å²) in [6.45, 7) is 6.55. The van der Waals surface area contributed by atoms with E-state index in [1.165, 1.54) is 6.33 Å². The van der Waals surface area contributed by atoms with Crippen molar-refractivity contribution < 1.29 is 4.79 Å². The maximum atomic E-state index is 12.3. The van der Waals surface area contributed by atoms with Gasteiger partial charge in [0, 0.05) is 23.9 Å². The first-order valence-corrected chi connectivity index (χ1v) is 6.35. The number of ketones is 1. The molecule has 4 nitrogen and oxygen atoms in total. The van der Waals surface area contributed by atoms with Crippen LogP contribution in [-0.4, -0.2) is 28.0 Å². The Hall–Kier alpha value is -1.10. The van der Waals surface area contributed by atoms with Crippen LogP contribution in [-0.2, 0) is 0 Å². The van der Waals surface area contributed by atoms with Gasteiger partial charge in [-0.3, -0.25) is 4.79 Å². The van der Waals surface area contributed by atoms with Gasteiger partial charge >= 0.3 is 0 Å². The summed E-state index contributed by atoms with van der Waals surface area (Å²) in [6.07, 6.45) is 3.80. The average Bonchev–Trinajstić information content (AvgIpc) is 2.35. The number of thiol groups is 1. The summed E-state index contributed by atoms with van der Waals surface area (Å²) in [5.74, 6) is 1.36. The quantitative estimate of drug-likeness (QED) is 0.604. The van der Waals surface area contributed by atoms with Crippen LogP contribution in [0.3, 0.4) is 0 Å². The molecule has 0 aliphatic rings. The molecule has 1 aromatic heterocycles. The van der Waals surface area contributed by atoms with Crippen molar-refractivity contribution in [2.45, 2.75) is 27.2 Å². The third kappa shape index (κ3) is 3.43. The third-order valence-electron chi connectivity index (χ3n) is 2.86. The van der Waals surface area contributed by atoms with Gasteiger partial charge in [0.2, 0.25) is 0 Å². The second-order valence-corrected chi connectivity index (χ2v) is 4.95. The van der Waals surface area contributed by atoms with E-state index in [2.05, 4.69) is 27.9 Å². The van der Waals surface area contributed by atoms with E-state index in [1.54, 1.807) is 6.20 Å². The fourth-order valence-corrected chi connectivity index (χ4v) is 1.45. The Morgan fingerprint density at radius 3 is 2.82 bits per heavy atom. The first-order valence-electron chi connectivity index (χ1n) is 5.72. The number of hydrogen-bond donors (Lipinski definition) is 2. The van der Waals surface area contributed by atoms with Crippen molar-refractivity contribution in [1.29, 1.82) is 0 Å². The summed E-state index contributed by atoms with van der Waals surface area (Å²) in [7, 11) is 0. The molecule has 0 aliphatic carbocycles. The minimum absolute atomic E-state index is 0.0715. The SMILES string of the molecule is CCC(C)(C)C(=O)c1cncnc1NCCS. The van der Waals surface area contributed by atoms with Gasteiger partial charge in [0.15, 0.2) is 5.78 Å². The van der Waals surface area contributed by atoms with Crippen molar-refractivity contribution in [3.8, 4) is 0 Å². The molecule has 0 amide bonds. The lowest BCUT2D eigenvalue weighted by molar-refractivity contribution is 0.0833. The van der Waals surface area contributed by atoms with Crippen molar-refractivity contribution in [1.82, 2.24) is 9.97 Å². The van der Waals surface area contributed by atoms with E-state index in [4.69, 9.17) is 0 Å². The molecule has 0 aromatic carbocycles. The number of rotatable bonds is 6. The van der Waals surface area contributed by atoms with Gasteiger partial charge in [-0.1, -0.05) is 20.8 Å². The Balaban J connectivity index is 3.00. The molecular weight excluding hydrogens is 234 g/mol. The highest BCUT2D eigenvalue weighted by Crippen LogP contribution is 2.27. The van der Waals surface area contributed by atoms with E-state index in [1.807, 2.05) is 20.8 Å². The molecule has 0 saturated carbocycles. The molecule has 0 atom stereocenters. The van der Waals surface area contributed by atoms with E-state index < -0.39 is 0 Å². The molecule has 0 fully saturated rings. The molecule has 17 heavy (non-hydrogen) atoms.